The summed E-state index contributed by atoms with van der Waals surface area (Å²) in [5.41, 5.74) is 0.123. The summed E-state index contributed by atoms with van der Waals surface area (Å²) >= 11 is 0. The summed E-state index contributed by atoms with van der Waals surface area (Å²) in [5, 5.41) is 15.4. The van der Waals surface area contributed by atoms with E-state index in [0.29, 0.717) is 18.6 Å². The normalized spacial score (nSPS) is 13.2. The van der Waals surface area contributed by atoms with Crippen molar-refractivity contribution in [1.29, 1.82) is 0 Å². The molecule has 1 aromatic heterocycles. The third-order valence-electron chi connectivity index (χ3n) is 3.12. The Morgan fingerprint density at radius 3 is 2.43 bits per heavy atom. The second-order valence-electron chi connectivity index (χ2n) is 6.73. The first-order valence-corrected chi connectivity index (χ1v) is 7.10. The van der Waals surface area contributed by atoms with Crippen LogP contribution in [0.3, 0.4) is 0 Å². The van der Waals surface area contributed by atoms with Crippen LogP contribution < -0.4 is 5.32 Å². The van der Waals surface area contributed by atoms with Gasteiger partial charge in [0.1, 0.15) is 11.8 Å². The van der Waals surface area contributed by atoms with E-state index < -0.39 is 17.9 Å². The zero-order valence-corrected chi connectivity index (χ0v) is 13.3. The zero-order valence-electron chi connectivity index (χ0n) is 13.3. The summed E-state index contributed by atoms with van der Waals surface area (Å²) in [4.78, 5) is 23.3. The maximum absolute atomic E-state index is 12.0. The Balaban J connectivity index is 2.69. The fourth-order valence-electron chi connectivity index (χ4n) is 1.74. The molecule has 1 heterocycles. The first kappa shape index (κ1) is 17.2. The monoisotopic (exact) mass is 296 g/mol. The van der Waals surface area contributed by atoms with Crippen molar-refractivity contribution in [2.75, 3.05) is 0 Å². The maximum Gasteiger partial charge on any atom is 0.326 e. The molecule has 1 atom stereocenters. The van der Waals surface area contributed by atoms with Gasteiger partial charge in [-0.2, -0.15) is 0 Å². The second-order valence-corrected chi connectivity index (χ2v) is 6.73. The van der Waals surface area contributed by atoms with Gasteiger partial charge in [0, 0.05) is 12.0 Å². The van der Waals surface area contributed by atoms with E-state index in [0.717, 1.165) is 0 Å². The van der Waals surface area contributed by atoms with Crippen LogP contribution >= 0.6 is 0 Å². The minimum atomic E-state index is -1.04. The van der Waals surface area contributed by atoms with Gasteiger partial charge in [-0.15, -0.1) is 0 Å². The smallest absolute Gasteiger partial charge is 0.326 e. The van der Waals surface area contributed by atoms with Gasteiger partial charge < -0.3 is 14.9 Å². The lowest BCUT2D eigenvalue weighted by Gasteiger charge is -2.21. The predicted molar refractivity (Wildman–Crippen MR) is 78.2 cm³/mol. The van der Waals surface area contributed by atoms with E-state index in [9.17, 15) is 14.7 Å². The van der Waals surface area contributed by atoms with Crippen molar-refractivity contribution in [3.63, 3.8) is 0 Å². The minimum absolute atomic E-state index is 0.0110. The van der Waals surface area contributed by atoms with E-state index in [2.05, 4.69) is 10.5 Å². The van der Waals surface area contributed by atoms with Crippen LogP contribution in [0.5, 0.6) is 0 Å². The van der Waals surface area contributed by atoms with Crippen LogP contribution in [0.15, 0.2) is 10.6 Å². The molecule has 0 spiro atoms. The molecule has 1 rings (SSSR count). The average Bonchev–Trinajstić information content (AvgIpc) is 2.82. The van der Waals surface area contributed by atoms with Gasteiger partial charge in [0.15, 0.2) is 5.69 Å². The molecule has 1 aromatic rings. The highest BCUT2D eigenvalue weighted by atomic mass is 16.5. The molecular formula is C15H24N2O4. The van der Waals surface area contributed by atoms with E-state index >= 15 is 0 Å². The molecule has 2 N–H and O–H groups in total. The molecule has 1 unspecified atom stereocenters. The summed E-state index contributed by atoms with van der Waals surface area (Å²) in [6.45, 7) is 9.93. The average molecular weight is 296 g/mol. The van der Waals surface area contributed by atoms with E-state index in [1.807, 2.05) is 34.6 Å². The Morgan fingerprint density at radius 1 is 1.38 bits per heavy atom. The number of aliphatic carboxylic acids is 1. The molecule has 0 fully saturated rings. The largest absolute Gasteiger partial charge is 0.480 e. The SMILES string of the molecule is CC(C)c1cc(C(=O)NC(CCC(C)(C)C)C(=O)O)no1. The molecule has 0 bridgehead atoms. The highest BCUT2D eigenvalue weighted by Crippen LogP contribution is 2.22. The molecule has 0 aliphatic heterocycles. The van der Waals surface area contributed by atoms with Crippen LogP contribution in [-0.2, 0) is 4.79 Å². The van der Waals surface area contributed by atoms with Crippen molar-refractivity contribution in [1.82, 2.24) is 10.5 Å². The van der Waals surface area contributed by atoms with Crippen LogP contribution in [0, 0.1) is 5.41 Å². The van der Waals surface area contributed by atoms with Gasteiger partial charge in [0.05, 0.1) is 0 Å². The first-order valence-electron chi connectivity index (χ1n) is 7.10. The quantitative estimate of drug-likeness (QED) is 0.842. The number of nitrogens with one attached hydrogen (secondary N) is 1. The summed E-state index contributed by atoms with van der Waals surface area (Å²) in [6, 6.07) is 0.624. The molecule has 0 aliphatic rings. The van der Waals surface area contributed by atoms with Gasteiger partial charge >= 0.3 is 5.97 Å². The molecule has 0 saturated carbocycles. The third kappa shape index (κ3) is 5.57. The molecule has 6 nitrogen and oxygen atoms in total. The number of hydrogen-bond acceptors (Lipinski definition) is 4. The van der Waals surface area contributed by atoms with Crippen LogP contribution in [0.4, 0.5) is 0 Å². The number of carbonyl (C=O) groups is 2. The van der Waals surface area contributed by atoms with Crippen molar-refractivity contribution in [2.45, 2.75) is 59.4 Å². The molecule has 0 radical (unpaired) electrons. The Bertz CT molecular complexity index is 500. The Hall–Kier alpha value is -1.85. The van der Waals surface area contributed by atoms with Gasteiger partial charge in [-0.1, -0.05) is 39.8 Å². The zero-order chi connectivity index (χ0) is 16.2. The fourth-order valence-corrected chi connectivity index (χ4v) is 1.74. The number of carbonyl (C=O) groups excluding carboxylic acids is 1. The molecule has 0 aromatic carbocycles. The molecule has 21 heavy (non-hydrogen) atoms. The summed E-state index contributed by atoms with van der Waals surface area (Å²) in [5.74, 6) is -0.843. The highest BCUT2D eigenvalue weighted by molar-refractivity contribution is 5.94. The van der Waals surface area contributed by atoms with Gasteiger partial charge in [-0.25, -0.2) is 4.79 Å². The van der Waals surface area contributed by atoms with Gasteiger partial charge in [0.2, 0.25) is 0 Å². The number of rotatable bonds is 6. The number of carboxylic acid groups (broad SMARTS) is 1. The number of nitrogens with zero attached hydrogens (tertiary/aromatic N) is 1. The summed E-state index contributed by atoms with van der Waals surface area (Å²) < 4.78 is 5.05. The minimum Gasteiger partial charge on any atom is -0.480 e. The van der Waals surface area contributed by atoms with E-state index in [1.54, 1.807) is 6.07 Å². The third-order valence-corrected chi connectivity index (χ3v) is 3.12. The highest BCUT2D eigenvalue weighted by Gasteiger charge is 2.24. The van der Waals surface area contributed by atoms with E-state index in [1.165, 1.54) is 0 Å². The maximum atomic E-state index is 12.0. The van der Waals surface area contributed by atoms with Crippen LogP contribution in [-0.4, -0.2) is 28.2 Å². The van der Waals surface area contributed by atoms with E-state index in [-0.39, 0.29) is 17.0 Å². The fraction of sp³-hybridized carbons (Fsp3) is 0.667. The van der Waals surface area contributed by atoms with Crippen molar-refractivity contribution >= 4 is 11.9 Å². The molecular weight excluding hydrogens is 272 g/mol. The van der Waals surface area contributed by atoms with Crippen molar-refractivity contribution in [2.24, 2.45) is 5.41 Å². The second kappa shape index (κ2) is 6.74. The molecule has 0 aliphatic carbocycles. The summed E-state index contributed by atoms with van der Waals surface area (Å²) in [6.07, 6.45) is 1.07. The Morgan fingerprint density at radius 2 is 2.00 bits per heavy atom. The van der Waals surface area contributed by atoms with Crippen molar-refractivity contribution in [3.8, 4) is 0 Å². The first-order chi connectivity index (χ1) is 9.60. The van der Waals surface area contributed by atoms with E-state index in [4.69, 9.17) is 4.52 Å². The lowest BCUT2D eigenvalue weighted by Crippen LogP contribution is -2.41. The van der Waals surface area contributed by atoms with Crippen LogP contribution in [0.25, 0.3) is 0 Å². The van der Waals surface area contributed by atoms with Crippen molar-refractivity contribution in [3.05, 3.63) is 17.5 Å². The summed E-state index contributed by atoms with van der Waals surface area (Å²) in [7, 11) is 0. The molecule has 1 amide bonds. The molecule has 6 heteroatoms. The topological polar surface area (TPSA) is 92.4 Å². The number of hydrogen-bond donors (Lipinski definition) is 2. The molecule has 118 valence electrons. The Kier molecular flexibility index (Phi) is 5.52. The lowest BCUT2D eigenvalue weighted by atomic mass is 9.88. The predicted octanol–water partition coefficient (Wildman–Crippen LogP) is 2.81. The van der Waals surface area contributed by atoms with Crippen LogP contribution in [0.2, 0.25) is 0 Å². The van der Waals surface area contributed by atoms with Crippen LogP contribution in [0.1, 0.15) is 69.6 Å². The number of carboxylic acids is 1. The molecule has 0 saturated heterocycles. The van der Waals surface area contributed by atoms with Crippen molar-refractivity contribution < 1.29 is 19.2 Å². The lowest BCUT2D eigenvalue weighted by molar-refractivity contribution is -0.139. The number of aromatic nitrogens is 1. The Labute approximate surface area is 124 Å². The van der Waals surface area contributed by atoms with Gasteiger partial charge in [-0.05, 0) is 18.3 Å². The standard InChI is InChI=1S/C15H24N2O4/c1-9(2)12-8-11(17-21-12)13(18)16-10(14(19)20)6-7-15(3,4)5/h8-10H,6-7H2,1-5H3,(H,16,18)(H,19,20). The number of amides is 1. The van der Waals surface area contributed by atoms with Gasteiger partial charge in [-0.3, -0.25) is 4.79 Å². The van der Waals surface area contributed by atoms with Gasteiger partial charge in [0.25, 0.3) is 5.91 Å².